The van der Waals surface area contributed by atoms with Crippen LogP contribution >= 0.6 is 15.9 Å². The van der Waals surface area contributed by atoms with Crippen LogP contribution in [0.15, 0.2) is 30.3 Å². The van der Waals surface area contributed by atoms with Crippen molar-refractivity contribution in [3.05, 3.63) is 35.9 Å². The lowest BCUT2D eigenvalue weighted by Crippen LogP contribution is -2.27. The Morgan fingerprint density at radius 1 is 1.19 bits per heavy atom. The molecule has 3 heteroatoms. The zero-order chi connectivity index (χ0) is 11.8. The lowest BCUT2D eigenvalue weighted by molar-refractivity contribution is 0.0793. The molecule has 0 unspecified atom stereocenters. The maximum absolute atomic E-state index is 11.9. The van der Waals surface area contributed by atoms with Gasteiger partial charge in [0.2, 0.25) is 0 Å². The van der Waals surface area contributed by atoms with Gasteiger partial charge in [-0.25, -0.2) is 0 Å². The smallest absolute Gasteiger partial charge is 0.253 e. The summed E-state index contributed by atoms with van der Waals surface area (Å²) in [6, 6.07) is 9.43. The number of rotatable bonds is 6. The summed E-state index contributed by atoms with van der Waals surface area (Å²) >= 11 is 3.40. The van der Waals surface area contributed by atoms with Crippen molar-refractivity contribution in [3.63, 3.8) is 0 Å². The summed E-state index contributed by atoms with van der Waals surface area (Å²) in [7, 11) is 1.86. The first-order valence-electron chi connectivity index (χ1n) is 5.62. The first kappa shape index (κ1) is 13.2. The number of halogens is 1. The van der Waals surface area contributed by atoms with E-state index in [4.69, 9.17) is 0 Å². The Kier molecular flexibility index (Phi) is 6.16. The Morgan fingerprint density at radius 3 is 2.50 bits per heavy atom. The van der Waals surface area contributed by atoms with Gasteiger partial charge in [0.05, 0.1) is 0 Å². The summed E-state index contributed by atoms with van der Waals surface area (Å²) in [6.45, 7) is 0.834. The molecule has 0 atom stereocenters. The number of alkyl halides is 1. The third-order valence-corrected chi connectivity index (χ3v) is 3.06. The number of carbonyl (C=O) groups is 1. The van der Waals surface area contributed by atoms with E-state index in [0.29, 0.717) is 0 Å². The van der Waals surface area contributed by atoms with Crippen LogP contribution in [0.5, 0.6) is 0 Å². The average molecular weight is 284 g/mol. The third kappa shape index (κ3) is 4.35. The second kappa shape index (κ2) is 7.44. The van der Waals surface area contributed by atoms with Gasteiger partial charge in [-0.2, -0.15) is 0 Å². The lowest BCUT2D eigenvalue weighted by Gasteiger charge is -2.16. The average Bonchev–Trinajstić information content (AvgIpc) is 2.34. The molecule has 1 rings (SSSR count). The molecule has 0 N–H and O–H groups in total. The van der Waals surface area contributed by atoms with E-state index in [0.717, 1.165) is 30.3 Å². The van der Waals surface area contributed by atoms with Crippen molar-refractivity contribution in [1.29, 1.82) is 0 Å². The van der Waals surface area contributed by atoms with E-state index >= 15 is 0 Å². The second-order valence-corrected chi connectivity index (χ2v) is 4.64. The molecule has 0 bridgehead atoms. The van der Waals surface area contributed by atoms with E-state index in [1.807, 2.05) is 37.4 Å². The summed E-state index contributed by atoms with van der Waals surface area (Å²) in [4.78, 5) is 13.7. The number of benzene rings is 1. The predicted octanol–water partition coefficient (Wildman–Crippen LogP) is 3.32. The Morgan fingerprint density at radius 2 is 1.88 bits per heavy atom. The van der Waals surface area contributed by atoms with Crippen molar-refractivity contribution in [2.45, 2.75) is 19.3 Å². The summed E-state index contributed by atoms with van der Waals surface area (Å²) in [5.41, 5.74) is 0.769. The molecule has 0 aliphatic heterocycles. The van der Waals surface area contributed by atoms with Gasteiger partial charge in [0.25, 0.3) is 5.91 Å². The SMILES string of the molecule is CN(CCCCCBr)C(=O)c1ccccc1. The standard InChI is InChI=1S/C13H18BrNO/c1-15(11-7-3-6-10-14)13(16)12-8-4-2-5-9-12/h2,4-5,8-9H,3,6-7,10-11H2,1H3. The van der Waals surface area contributed by atoms with Gasteiger partial charge >= 0.3 is 0 Å². The molecular formula is C13H18BrNO. The molecule has 0 aromatic heterocycles. The van der Waals surface area contributed by atoms with Crippen LogP contribution in [0.4, 0.5) is 0 Å². The van der Waals surface area contributed by atoms with Gasteiger partial charge in [-0.3, -0.25) is 4.79 Å². The van der Waals surface area contributed by atoms with Crippen molar-refractivity contribution in [3.8, 4) is 0 Å². The fraction of sp³-hybridized carbons (Fsp3) is 0.462. The topological polar surface area (TPSA) is 20.3 Å². The summed E-state index contributed by atoms with van der Waals surface area (Å²) in [5.74, 6) is 0.111. The largest absolute Gasteiger partial charge is 0.342 e. The van der Waals surface area contributed by atoms with Gasteiger partial charge < -0.3 is 4.90 Å². The molecule has 1 aromatic rings. The maximum Gasteiger partial charge on any atom is 0.253 e. The zero-order valence-electron chi connectivity index (χ0n) is 9.66. The van der Waals surface area contributed by atoms with E-state index < -0.39 is 0 Å². The number of hydrogen-bond donors (Lipinski definition) is 0. The molecule has 0 aliphatic carbocycles. The molecule has 16 heavy (non-hydrogen) atoms. The van der Waals surface area contributed by atoms with Gasteiger partial charge in [0, 0.05) is 24.5 Å². The molecule has 0 heterocycles. The van der Waals surface area contributed by atoms with Crippen LogP contribution in [0.2, 0.25) is 0 Å². The van der Waals surface area contributed by atoms with Crippen LogP contribution in [0.3, 0.4) is 0 Å². The third-order valence-electron chi connectivity index (χ3n) is 2.49. The molecule has 0 fully saturated rings. The first-order valence-corrected chi connectivity index (χ1v) is 6.74. The van der Waals surface area contributed by atoms with Crippen LogP contribution in [0, 0.1) is 0 Å². The zero-order valence-corrected chi connectivity index (χ0v) is 11.2. The molecule has 1 aromatic carbocycles. The second-order valence-electron chi connectivity index (χ2n) is 3.84. The van der Waals surface area contributed by atoms with Crippen molar-refractivity contribution in [2.75, 3.05) is 18.9 Å². The Labute approximate surface area is 106 Å². The van der Waals surface area contributed by atoms with E-state index in [-0.39, 0.29) is 5.91 Å². The quantitative estimate of drug-likeness (QED) is 0.579. The van der Waals surface area contributed by atoms with Gasteiger partial charge in [-0.15, -0.1) is 0 Å². The Balaban J connectivity index is 2.37. The molecule has 2 nitrogen and oxygen atoms in total. The van der Waals surface area contributed by atoms with Crippen LogP contribution in [-0.4, -0.2) is 29.7 Å². The number of carbonyl (C=O) groups excluding carboxylic acids is 1. The van der Waals surface area contributed by atoms with Crippen LogP contribution < -0.4 is 0 Å². The van der Waals surface area contributed by atoms with Crippen molar-refractivity contribution in [1.82, 2.24) is 4.90 Å². The van der Waals surface area contributed by atoms with Gasteiger partial charge in [-0.1, -0.05) is 40.5 Å². The van der Waals surface area contributed by atoms with Gasteiger partial charge in [0.1, 0.15) is 0 Å². The first-order chi connectivity index (χ1) is 7.75. The number of nitrogens with zero attached hydrogens (tertiary/aromatic N) is 1. The van der Waals surface area contributed by atoms with E-state index in [1.54, 1.807) is 4.90 Å². The van der Waals surface area contributed by atoms with E-state index in [2.05, 4.69) is 15.9 Å². The molecule has 0 saturated heterocycles. The number of hydrogen-bond acceptors (Lipinski definition) is 1. The van der Waals surface area contributed by atoms with Crippen LogP contribution in [-0.2, 0) is 0 Å². The molecule has 0 radical (unpaired) electrons. The minimum absolute atomic E-state index is 0.111. The van der Waals surface area contributed by atoms with E-state index in [1.165, 1.54) is 6.42 Å². The predicted molar refractivity (Wildman–Crippen MR) is 71.0 cm³/mol. The van der Waals surface area contributed by atoms with Gasteiger partial charge in [-0.05, 0) is 25.0 Å². The molecule has 0 spiro atoms. The molecular weight excluding hydrogens is 266 g/mol. The fourth-order valence-electron chi connectivity index (χ4n) is 1.52. The molecule has 88 valence electrons. The highest BCUT2D eigenvalue weighted by Crippen LogP contribution is 2.05. The minimum atomic E-state index is 0.111. The lowest BCUT2D eigenvalue weighted by atomic mass is 10.2. The number of unbranched alkanes of at least 4 members (excludes halogenated alkanes) is 2. The van der Waals surface area contributed by atoms with Crippen molar-refractivity contribution in [2.24, 2.45) is 0 Å². The maximum atomic E-state index is 11.9. The molecule has 0 saturated carbocycles. The normalized spacial score (nSPS) is 10.1. The summed E-state index contributed by atoms with van der Waals surface area (Å²) in [6.07, 6.45) is 3.41. The minimum Gasteiger partial charge on any atom is -0.342 e. The highest BCUT2D eigenvalue weighted by Gasteiger charge is 2.09. The Hall–Kier alpha value is -0.830. The van der Waals surface area contributed by atoms with Crippen molar-refractivity contribution >= 4 is 21.8 Å². The van der Waals surface area contributed by atoms with Crippen molar-refractivity contribution < 1.29 is 4.79 Å². The van der Waals surface area contributed by atoms with Crippen LogP contribution in [0.25, 0.3) is 0 Å². The van der Waals surface area contributed by atoms with E-state index in [9.17, 15) is 4.79 Å². The Bertz CT molecular complexity index is 313. The highest BCUT2D eigenvalue weighted by atomic mass is 79.9. The number of amides is 1. The fourth-order valence-corrected chi connectivity index (χ4v) is 1.92. The van der Waals surface area contributed by atoms with Crippen LogP contribution in [0.1, 0.15) is 29.6 Å². The monoisotopic (exact) mass is 283 g/mol. The highest BCUT2D eigenvalue weighted by molar-refractivity contribution is 9.09. The summed E-state index contributed by atoms with van der Waals surface area (Å²) in [5, 5.41) is 1.04. The molecule has 1 amide bonds. The molecule has 0 aliphatic rings. The van der Waals surface area contributed by atoms with Gasteiger partial charge in [0.15, 0.2) is 0 Å². The summed E-state index contributed by atoms with van der Waals surface area (Å²) < 4.78 is 0.